The molecule has 2 aromatic heterocycles. The Hall–Kier alpha value is -1.72. The van der Waals surface area contributed by atoms with E-state index in [-0.39, 0.29) is 0 Å². The molecule has 23 heavy (non-hydrogen) atoms. The maximum atomic E-state index is 4.51. The van der Waals surface area contributed by atoms with Crippen molar-refractivity contribution in [2.24, 2.45) is 0 Å². The van der Waals surface area contributed by atoms with Crippen molar-refractivity contribution < 1.29 is 0 Å². The third kappa shape index (κ3) is 4.18. The van der Waals surface area contributed by atoms with Gasteiger partial charge in [0.05, 0.1) is 6.54 Å². The number of hydrogen-bond acceptors (Lipinski definition) is 4. The molecule has 1 atom stereocenters. The summed E-state index contributed by atoms with van der Waals surface area (Å²) in [5.74, 6) is 1.18. The lowest BCUT2D eigenvalue weighted by atomic mass is 10.1. The standard InChI is InChI=1S/C18H27N5/c1-3-22-11-9-20-18(22)15-23-13-12-21(14-16(23)2)10-7-17-6-4-5-8-19-17/h4-6,8-9,11,16H,3,7,10,12-15H2,1-2H3/t16-/m1/s1. The topological polar surface area (TPSA) is 37.2 Å². The molecule has 0 radical (unpaired) electrons. The second-order valence-electron chi connectivity index (χ2n) is 6.32. The van der Waals surface area contributed by atoms with Gasteiger partial charge in [-0.05, 0) is 26.0 Å². The van der Waals surface area contributed by atoms with E-state index in [0.29, 0.717) is 6.04 Å². The molecule has 124 valence electrons. The van der Waals surface area contributed by atoms with E-state index in [9.17, 15) is 0 Å². The van der Waals surface area contributed by atoms with Gasteiger partial charge in [-0.25, -0.2) is 4.98 Å². The Bertz CT molecular complexity index is 594. The molecule has 0 unspecified atom stereocenters. The first-order valence-electron chi connectivity index (χ1n) is 8.62. The summed E-state index contributed by atoms with van der Waals surface area (Å²) < 4.78 is 2.24. The lowest BCUT2D eigenvalue weighted by molar-refractivity contribution is 0.0754. The predicted molar refractivity (Wildman–Crippen MR) is 92.2 cm³/mol. The van der Waals surface area contributed by atoms with Crippen LogP contribution >= 0.6 is 0 Å². The van der Waals surface area contributed by atoms with E-state index in [4.69, 9.17) is 0 Å². The van der Waals surface area contributed by atoms with Crippen LogP contribution in [0, 0.1) is 0 Å². The third-order valence-electron chi connectivity index (χ3n) is 4.75. The molecule has 5 nitrogen and oxygen atoms in total. The monoisotopic (exact) mass is 313 g/mol. The maximum Gasteiger partial charge on any atom is 0.122 e. The number of rotatable bonds is 6. The SMILES string of the molecule is CCn1ccnc1CN1CCN(CCc2ccccn2)C[C@H]1C. The summed E-state index contributed by atoms with van der Waals surface area (Å²) in [6.07, 6.45) is 6.90. The molecule has 1 fully saturated rings. The van der Waals surface area contributed by atoms with Crippen LogP contribution in [0.5, 0.6) is 0 Å². The third-order valence-corrected chi connectivity index (χ3v) is 4.75. The summed E-state index contributed by atoms with van der Waals surface area (Å²) in [6.45, 7) is 10.9. The van der Waals surface area contributed by atoms with Crippen LogP contribution in [-0.4, -0.2) is 56.6 Å². The van der Waals surface area contributed by atoms with Crippen molar-refractivity contribution in [1.29, 1.82) is 0 Å². The molecule has 3 heterocycles. The fourth-order valence-corrected chi connectivity index (χ4v) is 3.29. The van der Waals surface area contributed by atoms with E-state index >= 15 is 0 Å². The molecule has 0 amide bonds. The molecule has 5 heteroatoms. The molecular weight excluding hydrogens is 286 g/mol. The number of piperazine rings is 1. The van der Waals surface area contributed by atoms with Crippen molar-refractivity contribution >= 4 is 0 Å². The zero-order chi connectivity index (χ0) is 16.1. The van der Waals surface area contributed by atoms with E-state index in [1.165, 1.54) is 11.5 Å². The van der Waals surface area contributed by atoms with Crippen LogP contribution in [0.25, 0.3) is 0 Å². The second kappa shape index (κ2) is 7.70. The van der Waals surface area contributed by atoms with Crippen LogP contribution in [-0.2, 0) is 19.5 Å². The Morgan fingerprint density at radius 3 is 2.83 bits per heavy atom. The van der Waals surface area contributed by atoms with E-state index in [2.05, 4.69) is 56.5 Å². The van der Waals surface area contributed by atoms with Gasteiger partial charge in [0.1, 0.15) is 5.82 Å². The number of hydrogen-bond donors (Lipinski definition) is 0. The molecular formula is C18H27N5. The van der Waals surface area contributed by atoms with Gasteiger partial charge >= 0.3 is 0 Å². The molecule has 0 aliphatic carbocycles. The van der Waals surface area contributed by atoms with Crippen molar-refractivity contribution in [2.45, 2.75) is 39.4 Å². The Labute approximate surface area is 139 Å². The summed E-state index contributed by atoms with van der Waals surface area (Å²) >= 11 is 0. The van der Waals surface area contributed by atoms with Gasteiger partial charge in [-0.1, -0.05) is 6.07 Å². The predicted octanol–water partition coefficient (Wildman–Crippen LogP) is 2.05. The number of pyridine rings is 1. The number of aromatic nitrogens is 3. The van der Waals surface area contributed by atoms with Gasteiger partial charge in [-0.3, -0.25) is 9.88 Å². The fraction of sp³-hybridized carbons (Fsp3) is 0.556. The van der Waals surface area contributed by atoms with Gasteiger partial charge in [-0.2, -0.15) is 0 Å². The molecule has 0 saturated carbocycles. The van der Waals surface area contributed by atoms with Crippen molar-refractivity contribution in [1.82, 2.24) is 24.3 Å². The molecule has 1 saturated heterocycles. The quantitative estimate of drug-likeness (QED) is 0.818. The lowest BCUT2D eigenvalue weighted by Gasteiger charge is -2.39. The average Bonchev–Trinajstić information content (AvgIpc) is 3.03. The average molecular weight is 313 g/mol. The van der Waals surface area contributed by atoms with Gasteiger partial charge in [-0.15, -0.1) is 0 Å². The molecule has 1 aliphatic rings. The minimum Gasteiger partial charge on any atom is -0.334 e. The van der Waals surface area contributed by atoms with Crippen molar-refractivity contribution in [3.05, 3.63) is 48.3 Å². The van der Waals surface area contributed by atoms with Crippen molar-refractivity contribution in [3.8, 4) is 0 Å². The van der Waals surface area contributed by atoms with E-state index in [1.807, 2.05) is 18.5 Å². The van der Waals surface area contributed by atoms with Crippen LogP contribution in [0.3, 0.4) is 0 Å². The number of imidazole rings is 1. The summed E-state index contributed by atoms with van der Waals surface area (Å²) in [5.41, 5.74) is 1.19. The van der Waals surface area contributed by atoms with Gasteiger partial charge in [0, 0.05) is 69.5 Å². The Morgan fingerprint density at radius 2 is 2.09 bits per heavy atom. The first-order valence-corrected chi connectivity index (χ1v) is 8.62. The molecule has 3 rings (SSSR count). The Balaban J connectivity index is 1.49. The smallest absolute Gasteiger partial charge is 0.122 e. The highest BCUT2D eigenvalue weighted by molar-refractivity contribution is 5.04. The molecule has 2 aromatic rings. The van der Waals surface area contributed by atoms with E-state index in [0.717, 1.165) is 45.7 Å². The highest BCUT2D eigenvalue weighted by Gasteiger charge is 2.24. The van der Waals surface area contributed by atoms with Crippen molar-refractivity contribution in [2.75, 3.05) is 26.2 Å². The van der Waals surface area contributed by atoms with Crippen molar-refractivity contribution in [3.63, 3.8) is 0 Å². The van der Waals surface area contributed by atoms with E-state index < -0.39 is 0 Å². The first-order chi connectivity index (χ1) is 11.3. The zero-order valence-corrected chi connectivity index (χ0v) is 14.2. The number of aryl methyl sites for hydroxylation is 1. The summed E-state index contributed by atoms with van der Waals surface area (Å²) in [7, 11) is 0. The minimum atomic E-state index is 0.564. The molecule has 0 aromatic carbocycles. The lowest BCUT2D eigenvalue weighted by Crippen LogP contribution is -2.51. The van der Waals surface area contributed by atoms with E-state index in [1.54, 1.807) is 0 Å². The normalized spacial score (nSPS) is 20.0. The molecule has 0 N–H and O–H groups in total. The molecule has 1 aliphatic heterocycles. The van der Waals surface area contributed by atoms with Crippen LogP contribution in [0.15, 0.2) is 36.8 Å². The Morgan fingerprint density at radius 1 is 1.17 bits per heavy atom. The first kappa shape index (κ1) is 16.1. The largest absolute Gasteiger partial charge is 0.334 e. The highest BCUT2D eigenvalue weighted by Crippen LogP contribution is 2.13. The molecule has 0 spiro atoms. The van der Waals surface area contributed by atoms with Gasteiger partial charge in [0.25, 0.3) is 0 Å². The fourth-order valence-electron chi connectivity index (χ4n) is 3.29. The summed E-state index contributed by atoms with van der Waals surface area (Å²) in [4.78, 5) is 14.0. The summed E-state index contributed by atoms with van der Waals surface area (Å²) in [6, 6.07) is 6.72. The van der Waals surface area contributed by atoms with Gasteiger partial charge in [0.2, 0.25) is 0 Å². The number of nitrogens with zero attached hydrogens (tertiary/aromatic N) is 5. The Kier molecular flexibility index (Phi) is 5.41. The minimum absolute atomic E-state index is 0.564. The van der Waals surface area contributed by atoms with Crippen LogP contribution in [0.1, 0.15) is 25.4 Å². The zero-order valence-electron chi connectivity index (χ0n) is 14.2. The molecule has 0 bridgehead atoms. The maximum absolute atomic E-state index is 4.51. The van der Waals surface area contributed by atoms with Crippen LogP contribution < -0.4 is 0 Å². The van der Waals surface area contributed by atoms with Crippen LogP contribution in [0.4, 0.5) is 0 Å². The van der Waals surface area contributed by atoms with Gasteiger partial charge in [0.15, 0.2) is 0 Å². The van der Waals surface area contributed by atoms with Crippen LogP contribution in [0.2, 0.25) is 0 Å². The second-order valence-corrected chi connectivity index (χ2v) is 6.32. The highest BCUT2D eigenvalue weighted by atomic mass is 15.3. The summed E-state index contributed by atoms with van der Waals surface area (Å²) in [5, 5.41) is 0. The van der Waals surface area contributed by atoms with Gasteiger partial charge < -0.3 is 9.47 Å².